The maximum Gasteiger partial charge on any atom is 0.321 e. The number of halogens is 1. The van der Waals surface area contributed by atoms with Crippen LogP contribution in [-0.4, -0.2) is 31.1 Å². The first-order valence-electron chi connectivity index (χ1n) is 3.52. The van der Waals surface area contributed by atoms with Crippen molar-refractivity contribution in [1.29, 1.82) is 0 Å². The summed E-state index contributed by atoms with van der Waals surface area (Å²) in [5.41, 5.74) is 0. The number of ether oxygens (including phenoxy) is 2. The number of rotatable bonds is 5. The molecule has 0 saturated heterocycles. The average molecular weight is 225 g/mol. The van der Waals surface area contributed by atoms with Crippen LogP contribution in [0.15, 0.2) is 0 Å². The SMILES string of the molecule is CCCOCC(Br)C(=O)OC. The average Bonchev–Trinajstić information content (AvgIpc) is 2.03. The summed E-state index contributed by atoms with van der Waals surface area (Å²) in [6.07, 6.45) is 0.959. The number of esters is 1. The van der Waals surface area contributed by atoms with Gasteiger partial charge in [-0.3, -0.25) is 4.79 Å². The minimum Gasteiger partial charge on any atom is -0.468 e. The molecule has 1 unspecified atom stereocenters. The van der Waals surface area contributed by atoms with E-state index in [4.69, 9.17) is 4.74 Å². The zero-order valence-corrected chi connectivity index (χ0v) is 8.39. The van der Waals surface area contributed by atoms with E-state index in [-0.39, 0.29) is 10.8 Å². The van der Waals surface area contributed by atoms with Crippen molar-refractivity contribution in [3.05, 3.63) is 0 Å². The Kier molecular flexibility index (Phi) is 6.56. The number of methoxy groups -OCH3 is 1. The predicted octanol–water partition coefficient (Wildman–Crippen LogP) is 1.35. The molecule has 1 atom stereocenters. The van der Waals surface area contributed by atoms with Gasteiger partial charge in [-0.2, -0.15) is 0 Å². The summed E-state index contributed by atoms with van der Waals surface area (Å²) in [4.78, 5) is 10.4. The summed E-state index contributed by atoms with van der Waals surface area (Å²) in [5, 5.41) is 0. The van der Waals surface area contributed by atoms with Gasteiger partial charge in [0.2, 0.25) is 0 Å². The molecule has 0 aromatic rings. The molecule has 0 amide bonds. The van der Waals surface area contributed by atoms with Crippen molar-refractivity contribution < 1.29 is 14.3 Å². The first-order valence-corrected chi connectivity index (χ1v) is 4.43. The van der Waals surface area contributed by atoms with Crippen LogP contribution in [0.2, 0.25) is 0 Å². The number of carbonyl (C=O) groups excluding carboxylic acids is 1. The van der Waals surface area contributed by atoms with Crippen LogP contribution in [-0.2, 0) is 14.3 Å². The fourth-order valence-electron chi connectivity index (χ4n) is 0.527. The van der Waals surface area contributed by atoms with Crippen LogP contribution in [0.1, 0.15) is 13.3 Å². The van der Waals surface area contributed by atoms with Crippen LogP contribution in [0.3, 0.4) is 0 Å². The Labute approximate surface area is 75.2 Å². The van der Waals surface area contributed by atoms with Crippen LogP contribution in [0, 0.1) is 0 Å². The van der Waals surface area contributed by atoms with Gasteiger partial charge in [-0.15, -0.1) is 0 Å². The Morgan fingerprint density at radius 1 is 1.64 bits per heavy atom. The van der Waals surface area contributed by atoms with Crippen LogP contribution in [0.5, 0.6) is 0 Å². The van der Waals surface area contributed by atoms with Gasteiger partial charge < -0.3 is 9.47 Å². The minimum atomic E-state index is -0.334. The summed E-state index contributed by atoms with van der Waals surface area (Å²) >= 11 is 3.13. The normalized spacial score (nSPS) is 12.6. The number of hydrogen-bond donors (Lipinski definition) is 0. The largest absolute Gasteiger partial charge is 0.468 e. The van der Waals surface area contributed by atoms with Crippen molar-refractivity contribution in [3.8, 4) is 0 Å². The Morgan fingerprint density at radius 3 is 2.73 bits per heavy atom. The monoisotopic (exact) mass is 224 g/mol. The summed E-state index contributed by atoms with van der Waals surface area (Å²) in [7, 11) is 1.36. The lowest BCUT2D eigenvalue weighted by Crippen LogP contribution is -2.21. The Balaban J connectivity index is 3.36. The van der Waals surface area contributed by atoms with Crippen molar-refractivity contribution in [2.75, 3.05) is 20.3 Å². The summed E-state index contributed by atoms with van der Waals surface area (Å²) < 4.78 is 9.60. The molecule has 0 spiro atoms. The molecule has 0 aliphatic heterocycles. The smallest absolute Gasteiger partial charge is 0.321 e. The van der Waals surface area contributed by atoms with Gasteiger partial charge in [-0.05, 0) is 6.42 Å². The van der Waals surface area contributed by atoms with E-state index in [1.54, 1.807) is 0 Å². The molecule has 0 rings (SSSR count). The highest BCUT2D eigenvalue weighted by Gasteiger charge is 2.14. The maximum absolute atomic E-state index is 10.8. The van der Waals surface area contributed by atoms with Gasteiger partial charge in [-0.25, -0.2) is 0 Å². The standard InChI is InChI=1S/C7H13BrO3/c1-3-4-11-5-6(8)7(9)10-2/h6H,3-5H2,1-2H3. The molecule has 0 saturated carbocycles. The molecular formula is C7H13BrO3. The van der Waals surface area contributed by atoms with Crippen LogP contribution in [0.25, 0.3) is 0 Å². The van der Waals surface area contributed by atoms with Crippen LogP contribution >= 0.6 is 15.9 Å². The molecule has 0 bridgehead atoms. The van der Waals surface area contributed by atoms with Gasteiger partial charge in [-0.1, -0.05) is 22.9 Å². The molecule has 0 radical (unpaired) electrons. The van der Waals surface area contributed by atoms with Crippen LogP contribution in [0.4, 0.5) is 0 Å². The Bertz CT molecular complexity index is 116. The second-order valence-electron chi connectivity index (χ2n) is 2.07. The number of carbonyl (C=O) groups is 1. The molecule has 0 heterocycles. The fraction of sp³-hybridized carbons (Fsp3) is 0.857. The lowest BCUT2D eigenvalue weighted by Gasteiger charge is -2.06. The zero-order valence-electron chi connectivity index (χ0n) is 6.80. The third-order valence-corrected chi connectivity index (χ3v) is 1.71. The van der Waals surface area contributed by atoms with Gasteiger partial charge in [0.1, 0.15) is 4.83 Å². The van der Waals surface area contributed by atoms with E-state index in [1.807, 2.05) is 6.92 Å². The minimum absolute atomic E-state index is 0.291. The van der Waals surface area contributed by atoms with E-state index in [0.717, 1.165) is 6.42 Å². The highest BCUT2D eigenvalue weighted by Crippen LogP contribution is 2.02. The third kappa shape index (κ3) is 5.21. The molecule has 4 heteroatoms. The highest BCUT2D eigenvalue weighted by molar-refractivity contribution is 9.10. The van der Waals surface area contributed by atoms with Gasteiger partial charge in [0.05, 0.1) is 13.7 Å². The van der Waals surface area contributed by atoms with Gasteiger partial charge >= 0.3 is 5.97 Å². The van der Waals surface area contributed by atoms with E-state index in [1.165, 1.54) is 7.11 Å². The van der Waals surface area contributed by atoms with Gasteiger partial charge in [0, 0.05) is 6.61 Å². The quantitative estimate of drug-likeness (QED) is 0.402. The molecule has 0 fully saturated rings. The van der Waals surface area contributed by atoms with Crippen molar-refractivity contribution >= 4 is 21.9 Å². The first kappa shape index (κ1) is 10.9. The molecular weight excluding hydrogens is 212 g/mol. The van der Waals surface area contributed by atoms with E-state index in [2.05, 4.69) is 20.7 Å². The van der Waals surface area contributed by atoms with Crippen molar-refractivity contribution in [2.45, 2.75) is 18.2 Å². The van der Waals surface area contributed by atoms with Gasteiger partial charge in [0.15, 0.2) is 0 Å². The van der Waals surface area contributed by atoms with E-state index in [9.17, 15) is 4.79 Å². The molecule has 0 aliphatic rings. The number of hydrogen-bond acceptors (Lipinski definition) is 3. The molecule has 0 N–H and O–H groups in total. The predicted molar refractivity (Wildman–Crippen MR) is 45.8 cm³/mol. The van der Waals surface area contributed by atoms with Crippen molar-refractivity contribution in [3.63, 3.8) is 0 Å². The highest BCUT2D eigenvalue weighted by atomic mass is 79.9. The van der Waals surface area contributed by atoms with Crippen molar-refractivity contribution in [1.82, 2.24) is 0 Å². The maximum atomic E-state index is 10.8. The molecule has 0 aromatic carbocycles. The second-order valence-corrected chi connectivity index (χ2v) is 3.17. The molecule has 0 aliphatic carbocycles. The van der Waals surface area contributed by atoms with E-state index in [0.29, 0.717) is 13.2 Å². The van der Waals surface area contributed by atoms with Crippen molar-refractivity contribution in [2.24, 2.45) is 0 Å². The van der Waals surface area contributed by atoms with Crippen LogP contribution < -0.4 is 0 Å². The summed E-state index contributed by atoms with van der Waals surface area (Å²) in [6, 6.07) is 0. The lowest BCUT2D eigenvalue weighted by molar-refractivity contribution is -0.140. The molecule has 66 valence electrons. The lowest BCUT2D eigenvalue weighted by atomic mass is 10.4. The topological polar surface area (TPSA) is 35.5 Å². The van der Waals surface area contributed by atoms with E-state index >= 15 is 0 Å². The molecule has 0 aromatic heterocycles. The first-order chi connectivity index (χ1) is 5.22. The Morgan fingerprint density at radius 2 is 2.27 bits per heavy atom. The third-order valence-electron chi connectivity index (χ3n) is 1.07. The fourth-order valence-corrected chi connectivity index (χ4v) is 0.901. The zero-order chi connectivity index (χ0) is 8.69. The summed E-state index contributed by atoms with van der Waals surface area (Å²) in [6.45, 7) is 3.07. The molecule has 11 heavy (non-hydrogen) atoms. The molecule has 3 nitrogen and oxygen atoms in total. The van der Waals surface area contributed by atoms with E-state index < -0.39 is 0 Å². The number of alkyl halides is 1. The second kappa shape index (κ2) is 6.61. The Hall–Kier alpha value is -0.0900. The summed E-state index contributed by atoms with van der Waals surface area (Å²) in [5.74, 6) is -0.291. The van der Waals surface area contributed by atoms with Gasteiger partial charge in [0.25, 0.3) is 0 Å².